The highest BCUT2D eigenvalue weighted by Crippen LogP contribution is 2.23. The third-order valence-electron chi connectivity index (χ3n) is 4.37. The van der Waals surface area contributed by atoms with E-state index in [1.54, 1.807) is 0 Å². The fourth-order valence-electron chi connectivity index (χ4n) is 3.11. The van der Waals surface area contributed by atoms with Crippen molar-refractivity contribution in [3.8, 4) is 0 Å². The number of nitrogens with one attached hydrogen (secondary N) is 1. The van der Waals surface area contributed by atoms with Crippen LogP contribution in [-0.4, -0.2) is 43.2 Å². The second-order valence-electron chi connectivity index (χ2n) is 5.84. The number of carbonyl (C=O) groups is 1. The average Bonchev–Trinajstić information content (AvgIpc) is 2.52. The molecule has 2 aliphatic rings. The predicted molar refractivity (Wildman–Crippen MR) is 82.2 cm³/mol. The van der Waals surface area contributed by atoms with E-state index in [1.807, 2.05) is 29.2 Å². The number of nitrogens with zero attached hydrogens (tertiary/aromatic N) is 1. The van der Waals surface area contributed by atoms with Crippen LogP contribution in [0.5, 0.6) is 0 Å². The molecule has 2 saturated heterocycles. The maximum Gasteiger partial charge on any atom is 0.248 e. The number of morpholine rings is 1. The number of piperidine rings is 1. The van der Waals surface area contributed by atoms with Gasteiger partial charge in [-0.3, -0.25) is 4.79 Å². The summed E-state index contributed by atoms with van der Waals surface area (Å²) in [5.74, 6) is 0.641. The van der Waals surface area contributed by atoms with Gasteiger partial charge >= 0.3 is 0 Å². The van der Waals surface area contributed by atoms with Gasteiger partial charge in [-0.05, 0) is 49.5 Å². The Balaban J connectivity index is 1.62. The minimum atomic E-state index is 0.0788. The molecule has 2 heterocycles. The smallest absolute Gasteiger partial charge is 0.248 e. The van der Waals surface area contributed by atoms with Crippen molar-refractivity contribution in [2.75, 3.05) is 26.2 Å². The van der Waals surface area contributed by atoms with Crippen LogP contribution in [0.25, 0.3) is 0 Å². The lowest BCUT2D eigenvalue weighted by Crippen LogP contribution is -2.50. The molecule has 0 aromatic heterocycles. The molecule has 1 amide bonds. The summed E-state index contributed by atoms with van der Waals surface area (Å²) in [6.07, 6.45) is 2.44. The van der Waals surface area contributed by atoms with E-state index < -0.39 is 0 Å². The fourth-order valence-corrected chi connectivity index (χ4v) is 3.23. The summed E-state index contributed by atoms with van der Waals surface area (Å²) in [6, 6.07) is 7.69. The first-order valence-corrected chi connectivity index (χ1v) is 7.95. The molecule has 0 spiro atoms. The first kappa shape index (κ1) is 14.8. The molecule has 1 aromatic rings. The lowest BCUT2D eigenvalue weighted by molar-refractivity contribution is -0.153. The second-order valence-corrected chi connectivity index (χ2v) is 6.27. The highest BCUT2D eigenvalue weighted by Gasteiger charge is 2.32. The Labute approximate surface area is 130 Å². The van der Waals surface area contributed by atoms with E-state index in [1.165, 1.54) is 0 Å². The fraction of sp³-hybridized carbons (Fsp3) is 0.562. The molecule has 4 nitrogen and oxygen atoms in total. The van der Waals surface area contributed by atoms with Crippen LogP contribution < -0.4 is 5.32 Å². The number of benzene rings is 1. The summed E-state index contributed by atoms with van der Waals surface area (Å²) in [5, 5.41) is 4.09. The van der Waals surface area contributed by atoms with Crippen molar-refractivity contribution in [1.29, 1.82) is 0 Å². The monoisotopic (exact) mass is 308 g/mol. The van der Waals surface area contributed by atoms with Gasteiger partial charge < -0.3 is 15.0 Å². The Morgan fingerprint density at radius 1 is 1.24 bits per heavy atom. The van der Waals surface area contributed by atoms with Crippen LogP contribution in [0.15, 0.2) is 24.3 Å². The number of amides is 1. The van der Waals surface area contributed by atoms with Gasteiger partial charge in [-0.25, -0.2) is 0 Å². The van der Waals surface area contributed by atoms with Gasteiger partial charge in [-0.2, -0.15) is 0 Å². The van der Waals surface area contributed by atoms with Crippen molar-refractivity contribution in [2.24, 2.45) is 5.92 Å². The Morgan fingerprint density at radius 2 is 1.95 bits per heavy atom. The van der Waals surface area contributed by atoms with E-state index in [0.717, 1.165) is 36.5 Å². The zero-order chi connectivity index (χ0) is 14.7. The van der Waals surface area contributed by atoms with E-state index in [4.69, 9.17) is 16.3 Å². The molecule has 0 bridgehead atoms. The molecule has 1 atom stereocenters. The largest absolute Gasteiger partial charge is 0.366 e. The number of hydrogen-bond acceptors (Lipinski definition) is 3. The molecule has 0 radical (unpaired) electrons. The molecule has 1 unspecified atom stereocenters. The minimum Gasteiger partial charge on any atom is -0.366 e. The molecular formula is C16H21ClN2O2. The molecule has 0 saturated carbocycles. The van der Waals surface area contributed by atoms with Crippen molar-refractivity contribution >= 4 is 17.5 Å². The molecule has 5 heteroatoms. The SMILES string of the molecule is O=C1COC(C2CCNCC2)CN1Cc1ccc(Cl)cc1. The maximum absolute atomic E-state index is 12.1. The van der Waals surface area contributed by atoms with Crippen LogP contribution in [0.1, 0.15) is 18.4 Å². The van der Waals surface area contributed by atoms with Crippen molar-refractivity contribution in [3.05, 3.63) is 34.9 Å². The van der Waals surface area contributed by atoms with Crippen molar-refractivity contribution < 1.29 is 9.53 Å². The number of halogens is 1. The van der Waals surface area contributed by atoms with Gasteiger partial charge in [0.15, 0.2) is 0 Å². The quantitative estimate of drug-likeness (QED) is 0.929. The first-order valence-electron chi connectivity index (χ1n) is 7.57. The molecule has 1 aromatic carbocycles. The molecular weight excluding hydrogens is 288 g/mol. The molecule has 1 N–H and O–H groups in total. The van der Waals surface area contributed by atoms with Gasteiger partial charge in [0, 0.05) is 18.1 Å². The first-order chi connectivity index (χ1) is 10.2. The molecule has 3 rings (SSSR count). The Hall–Kier alpha value is -1.10. The number of ether oxygens (including phenoxy) is 1. The summed E-state index contributed by atoms with van der Waals surface area (Å²) in [6.45, 7) is 3.65. The Kier molecular flexibility index (Phi) is 4.78. The van der Waals surface area contributed by atoms with Crippen LogP contribution in [0.2, 0.25) is 5.02 Å². The van der Waals surface area contributed by atoms with E-state index in [2.05, 4.69) is 5.32 Å². The average molecular weight is 309 g/mol. The summed E-state index contributed by atoms with van der Waals surface area (Å²) < 4.78 is 5.78. The molecule has 2 fully saturated rings. The lowest BCUT2D eigenvalue weighted by Gasteiger charge is -2.38. The van der Waals surface area contributed by atoms with Gasteiger partial charge in [-0.15, -0.1) is 0 Å². The van der Waals surface area contributed by atoms with Crippen molar-refractivity contribution in [2.45, 2.75) is 25.5 Å². The van der Waals surface area contributed by atoms with Gasteiger partial charge in [0.1, 0.15) is 6.61 Å². The summed E-state index contributed by atoms with van der Waals surface area (Å²) in [4.78, 5) is 14.0. The summed E-state index contributed by atoms with van der Waals surface area (Å²) in [7, 11) is 0. The number of carbonyl (C=O) groups excluding carboxylic acids is 1. The van der Waals surface area contributed by atoms with Gasteiger partial charge in [0.25, 0.3) is 0 Å². The van der Waals surface area contributed by atoms with Crippen LogP contribution in [0.3, 0.4) is 0 Å². The normalized spacial score (nSPS) is 24.3. The van der Waals surface area contributed by atoms with Crippen LogP contribution >= 0.6 is 11.6 Å². The third kappa shape index (κ3) is 3.76. The van der Waals surface area contributed by atoms with Gasteiger partial charge in [0.2, 0.25) is 5.91 Å². The minimum absolute atomic E-state index is 0.0788. The summed E-state index contributed by atoms with van der Waals surface area (Å²) >= 11 is 5.90. The van der Waals surface area contributed by atoms with E-state index >= 15 is 0 Å². The molecule has 0 aliphatic carbocycles. The highest BCUT2D eigenvalue weighted by atomic mass is 35.5. The van der Waals surface area contributed by atoms with Crippen LogP contribution in [0, 0.1) is 5.92 Å². The van der Waals surface area contributed by atoms with Crippen LogP contribution in [-0.2, 0) is 16.1 Å². The third-order valence-corrected chi connectivity index (χ3v) is 4.62. The van der Waals surface area contributed by atoms with E-state index in [0.29, 0.717) is 19.0 Å². The van der Waals surface area contributed by atoms with Crippen LogP contribution in [0.4, 0.5) is 0 Å². The van der Waals surface area contributed by atoms with Crippen molar-refractivity contribution in [3.63, 3.8) is 0 Å². The maximum atomic E-state index is 12.1. The lowest BCUT2D eigenvalue weighted by atomic mass is 9.91. The number of rotatable bonds is 3. The predicted octanol–water partition coefficient (Wildman–Crippen LogP) is 2.07. The zero-order valence-electron chi connectivity index (χ0n) is 12.1. The topological polar surface area (TPSA) is 41.6 Å². The standard InChI is InChI=1S/C16H21ClN2O2/c17-14-3-1-12(2-4-14)9-19-10-15(21-11-16(19)20)13-5-7-18-8-6-13/h1-4,13,15,18H,5-11H2. The molecule has 114 valence electrons. The molecule has 21 heavy (non-hydrogen) atoms. The van der Waals surface area contributed by atoms with E-state index in [-0.39, 0.29) is 18.6 Å². The Bertz CT molecular complexity index is 486. The van der Waals surface area contributed by atoms with Gasteiger partial charge in [0.05, 0.1) is 6.10 Å². The zero-order valence-corrected chi connectivity index (χ0v) is 12.8. The number of hydrogen-bond donors (Lipinski definition) is 1. The second kappa shape index (κ2) is 6.77. The molecule has 2 aliphatic heterocycles. The van der Waals surface area contributed by atoms with Crippen molar-refractivity contribution in [1.82, 2.24) is 10.2 Å². The van der Waals surface area contributed by atoms with Gasteiger partial charge in [-0.1, -0.05) is 23.7 Å². The highest BCUT2D eigenvalue weighted by molar-refractivity contribution is 6.30. The summed E-state index contributed by atoms with van der Waals surface area (Å²) in [5.41, 5.74) is 1.11. The Morgan fingerprint density at radius 3 is 2.67 bits per heavy atom. The van der Waals surface area contributed by atoms with E-state index in [9.17, 15) is 4.79 Å².